The number of nitrogens with zero attached hydrogens (tertiary/aromatic N) is 3. The Bertz CT molecular complexity index is 1030. The fraction of sp³-hybridized carbons (Fsp3) is 0.391. The predicted octanol–water partition coefficient (Wildman–Crippen LogP) is 3.64. The molecule has 0 saturated heterocycles. The lowest BCUT2D eigenvalue weighted by molar-refractivity contribution is -0.146. The van der Waals surface area contributed by atoms with E-state index in [1.807, 2.05) is 36.4 Å². The van der Waals surface area contributed by atoms with Crippen LogP contribution in [0.5, 0.6) is 0 Å². The SMILES string of the molecule is COC(=O)[C@@H]1CCCCCC[C@@H]1NC(=O)c1cnn2c(-c3ccccc3)ccnc12. The van der Waals surface area contributed by atoms with Gasteiger partial charge >= 0.3 is 5.97 Å². The first-order valence-corrected chi connectivity index (χ1v) is 10.5. The molecule has 3 aromatic rings. The molecule has 1 aromatic carbocycles. The molecule has 0 unspecified atom stereocenters. The van der Waals surface area contributed by atoms with E-state index in [9.17, 15) is 9.59 Å². The molecule has 2 aromatic heterocycles. The Labute approximate surface area is 175 Å². The largest absolute Gasteiger partial charge is 0.469 e. The van der Waals surface area contributed by atoms with E-state index in [-0.39, 0.29) is 23.8 Å². The molecule has 30 heavy (non-hydrogen) atoms. The molecule has 1 N–H and O–H groups in total. The summed E-state index contributed by atoms with van der Waals surface area (Å²) >= 11 is 0. The number of nitrogens with one attached hydrogen (secondary N) is 1. The zero-order chi connectivity index (χ0) is 20.9. The number of aromatic nitrogens is 3. The van der Waals surface area contributed by atoms with Crippen molar-refractivity contribution in [3.63, 3.8) is 0 Å². The zero-order valence-corrected chi connectivity index (χ0v) is 17.1. The lowest BCUT2D eigenvalue weighted by Crippen LogP contribution is -2.44. The van der Waals surface area contributed by atoms with Crippen LogP contribution in [0.4, 0.5) is 0 Å². The molecule has 1 fully saturated rings. The molecule has 2 atom stereocenters. The van der Waals surface area contributed by atoms with Gasteiger partial charge in [-0.05, 0) is 18.9 Å². The summed E-state index contributed by atoms with van der Waals surface area (Å²) in [5.74, 6) is -0.845. The maximum Gasteiger partial charge on any atom is 0.310 e. The number of esters is 1. The summed E-state index contributed by atoms with van der Waals surface area (Å²) in [6.45, 7) is 0. The number of carbonyl (C=O) groups excluding carboxylic acids is 2. The topological polar surface area (TPSA) is 85.6 Å². The highest BCUT2D eigenvalue weighted by Crippen LogP contribution is 2.25. The molecule has 1 aliphatic carbocycles. The minimum absolute atomic E-state index is 0.252. The lowest BCUT2D eigenvalue weighted by Gasteiger charge is -2.28. The third-order valence-electron chi connectivity index (χ3n) is 5.80. The monoisotopic (exact) mass is 406 g/mol. The highest BCUT2D eigenvalue weighted by atomic mass is 16.5. The first kappa shape index (κ1) is 20.1. The summed E-state index contributed by atoms with van der Waals surface area (Å²) in [5, 5.41) is 7.49. The minimum atomic E-state index is -0.325. The second-order valence-electron chi connectivity index (χ2n) is 7.69. The van der Waals surface area contributed by atoms with Gasteiger partial charge in [0.15, 0.2) is 5.65 Å². The van der Waals surface area contributed by atoms with Gasteiger partial charge in [0.2, 0.25) is 0 Å². The fourth-order valence-corrected chi connectivity index (χ4v) is 4.22. The van der Waals surface area contributed by atoms with Crippen LogP contribution in [0.1, 0.15) is 48.9 Å². The van der Waals surface area contributed by atoms with Crippen molar-refractivity contribution in [3.8, 4) is 11.3 Å². The summed E-state index contributed by atoms with van der Waals surface area (Å²) in [4.78, 5) is 29.8. The summed E-state index contributed by atoms with van der Waals surface area (Å²) in [5.41, 5.74) is 2.75. The second kappa shape index (κ2) is 9.07. The average molecular weight is 406 g/mol. The van der Waals surface area contributed by atoms with Crippen molar-refractivity contribution in [1.29, 1.82) is 0 Å². The normalized spacial score (nSPS) is 19.6. The molecule has 1 saturated carbocycles. The summed E-state index contributed by atoms with van der Waals surface area (Å²) in [6.07, 6.45) is 8.86. The Morgan fingerprint density at radius 3 is 2.60 bits per heavy atom. The van der Waals surface area contributed by atoms with E-state index < -0.39 is 0 Å². The van der Waals surface area contributed by atoms with Crippen LogP contribution < -0.4 is 5.32 Å². The van der Waals surface area contributed by atoms with Gasteiger partial charge in [0.05, 0.1) is 24.9 Å². The third-order valence-corrected chi connectivity index (χ3v) is 5.80. The van der Waals surface area contributed by atoms with Gasteiger partial charge in [-0.3, -0.25) is 9.59 Å². The van der Waals surface area contributed by atoms with Gasteiger partial charge < -0.3 is 10.1 Å². The summed E-state index contributed by atoms with van der Waals surface area (Å²) in [6, 6.07) is 11.5. The van der Waals surface area contributed by atoms with Crippen LogP contribution in [0.2, 0.25) is 0 Å². The quantitative estimate of drug-likeness (QED) is 0.669. The Balaban J connectivity index is 1.62. The number of benzene rings is 1. The number of amides is 1. The molecule has 0 bridgehead atoms. The van der Waals surface area contributed by atoms with Gasteiger partial charge in [-0.15, -0.1) is 0 Å². The predicted molar refractivity (Wildman–Crippen MR) is 113 cm³/mol. The minimum Gasteiger partial charge on any atom is -0.469 e. The summed E-state index contributed by atoms with van der Waals surface area (Å²) in [7, 11) is 1.40. The Hall–Kier alpha value is -3.22. The number of hydrogen-bond donors (Lipinski definition) is 1. The molecule has 7 nitrogen and oxygen atoms in total. The van der Waals surface area contributed by atoms with Crippen molar-refractivity contribution in [2.24, 2.45) is 5.92 Å². The fourth-order valence-electron chi connectivity index (χ4n) is 4.22. The van der Waals surface area contributed by atoms with Crippen LogP contribution >= 0.6 is 0 Å². The van der Waals surface area contributed by atoms with E-state index in [1.54, 1.807) is 16.9 Å². The highest BCUT2D eigenvalue weighted by Gasteiger charge is 2.31. The van der Waals surface area contributed by atoms with Crippen LogP contribution in [0.25, 0.3) is 16.9 Å². The van der Waals surface area contributed by atoms with Crippen LogP contribution in [0.15, 0.2) is 48.8 Å². The van der Waals surface area contributed by atoms with Crippen LogP contribution in [0.3, 0.4) is 0 Å². The second-order valence-corrected chi connectivity index (χ2v) is 7.69. The molecule has 4 rings (SSSR count). The summed E-state index contributed by atoms with van der Waals surface area (Å²) < 4.78 is 6.69. The number of rotatable bonds is 4. The molecular weight excluding hydrogens is 380 g/mol. The van der Waals surface area contributed by atoms with Gasteiger partial charge in [0.1, 0.15) is 5.56 Å². The molecule has 1 amide bonds. The van der Waals surface area contributed by atoms with E-state index in [1.165, 1.54) is 7.11 Å². The molecular formula is C23H26N4O3. The number of ether oxygens (including phenoxy) is 1. The van der Waals surface area contributed by atoms with Gasteiger partial charge in [-0.1, -0.05) is 56.0 Å². The number of methoxy groups -OCH3 is 1. The molecule has 0 aliphatic heterocycles. The van der Waals surface area contributed by atoms with E-state index in [4.69, 9.17) is 4.74 Å². The smallest absolute Gasteiger partial charge is 0.310 e. The van der Waals surface area contributed by atoms with Crippen molar-refractivity contribution < 1.29 is 14.3 Å². The maximum absolute atomic E-state index is 13.1. The van der Waals surface area contributed by atoms with Crippen molar-refractivity contribution in [1.82, 2.24) is 19.9 Å². The molecule has 7 heteroatoms. The Morgan fingerprint density at radius 2 is 1.83 bits per heavy atom. The van der Waals surface area contributed by atoms with Gasteiger partial charge in [0, 0.05) is 17.8 Å². The van der Waals surface area contributed by atoms with Gasteiger partial charge in [0.25, 0.3) is 5.91 Å². The van der Waals surface area contributed by atoms with Crippen LogP contribution in [-0.4, -0.2) is 39.6 Å². The van der Waals surface area contributed by atoms with Crippen LogP contribution in [0, 0.1) is 5.92 Å². The average Bonchev–Trinajstić information content (AvgIpc) is 3.20. The number of hydrogen-bond acceptors (Lipinski definition) is 5. The van der Waals surface area contributed by atoms with E-state index in [2.05, 4.69) is 15.4 Å². The Kier molecular flexibility index (Phi) is 6.07. The van der Waals surface area contributed by atoms with Crippen molar-refractivity contribution >= 4 is 17.5 Å². The van der Waals surface area contributed by atoms with Crippen molar-refractivity contribution in [3.05, 3.63) is 54.4 Å². The lowest BCUT2D eigenvalue weighted by atomic mass is 9.86. The molecule has 0 spiro atoms. The van der Waals surface area contributed by atoms with E-state index in [0.29, 0.717) is 11.2 Å². The highest BCUT2D eigenvalue weighted by molar-refractivity contribution is 6.00. The van der Waals surface area contributed by atoms with E-state index in [0.717, 1.165) is 49.8 Å². The zero-order valence-electron chi connectivity index (χ0n) is 17.1. The van der Waals surface area contributed by atoms with Gasteiger partial charge in [-0.2, -0.15) is 5.10 Å². The molecule has 156 valence electrons. The maximum atomic E-state index is 13.1. The number of carbonyl (C=O) groups is 2. The first-order chi connectivity index (χ1) is 14.7. The van der Waals surface area contributed by atoms with E-state index >= 15 is 0 Å². The Morgan fingerprint density at radius 1 is 1.07 bits per heavy atom. The molecule has 2 heterocycles. The third kappa shape index (κ3) is 4.06. The molecule has 0 radical (unpaired) electrons. The van der Waals surface area contributed by atoms with Crippen LogP contribution in [-0.2, 0) is 9.53 Å². The number of fused-ring (bicyclic) bond motifs is 1. The first-order valence-electron chi connectivity index (χ1n) is 10.5. The van der Waals surface area contributed by atoms with Crippen molar-refractivity contribution in [2.45, 2.75) is 44.6 Å². The van der Waals surface area contributed by atoms with Crippen molar-refractivity contribution in [2.75, 3.05) is 7.11 Å². The standard InChI is InChI=1S/C23H26N4O3/c1-30-23(29)17-11-7-2-3-8-12-19(17)26-22(28)18-15-25-27-20(13-14-24-21(18)27)16-9-5-4-6-10-16/h4-6,9-10,13-15,17,19H,2-3,7-8,11-12H2,1H3,(H,26,28)/t17-,19+/m1/s1. The molecule has 1 aliphatic rings. The van der Waals surface area contributed by atoms with Gasteiger partial charge in [-0.25, -0.2) is 9.50 Å².